The molecule has 4 heteroatoms. The van der Waals surface area contributed by atoms with E-state index in [0.717, 1.165) is 24.5 Å². The first-order valence-corrected chi connectivity index (χ1v) is 6.80. The summed E-state index contributed by atoms with van der Waals surface area (Å²) < 4.78 is 3.17. The maximum atomic E-state index is 6.03. The van der Waals surface area contributed by atoms with E-state index in [2.05, 4.69) is 21.0 Å². The third-order valence-corrected chi connectivity index (χ3v) is 4.60. The molecule has 1 saturated carbocycles. The molecular formula is C12H20BrN3. The van der Waals surface area contributed by atoms with E-state index >= 15 is 0 Å². The van der Waals surface area contributed by atoms with Gasteiger partial charge in [0.05, 0.1) is 15.9 Å². The van der Waals surface area contributed by atoms with E-state index in [1.807, 2.05) is 18.7 Å². The van der Waals surface area contributed by atoms with Gasteiger partial charge in [-0.25, -0.2) is 0 Å². The van der Waals surface area contributed by atoms with Gasteiger partial charge in [-0.1, -0.05) is 6.42 Å². The normalized spacial score (nSPS) is 26.0. The molecule has 1 heterocycles. The van der Waals surface area contributed by atoms with Crippen molar-refractivity contribution >= 4 is 15.9 Å². The lowest BCUT2D eigenvalue weighted by atomic mass is 9.83. The van der Waals surface area contributed by atoms with E-state index in [4.69, 9.17) is 5.73 Å². The van der Waals surface area contributed by atoms with Crippen LogP contribution in [0.25, 0.3) is 0 Å². The highest BCUT2D eigenvalue weighted by atomic mass is 79.9. The van der Waals surface area contributed by atoms with Gasteiger partial charge in [0.1, 0.15) is 0 Å². The number of aryl methyl sites for hydroxylation is 2. The zero-order valence-electron chi connectivity index (χ0n) is 10.0. The minimum absolute atomic E-state index is 0.409. The summed E-state index contributed by atoms with van der Waals surface area (Å²) in [6.45, 7) is 2.04. The van der Waals surface area contributed by atoms with Gasteiger partial charge < -0.3 is 5.73 Å². The molecule has 1 aromatic rings. The van der Waals surface area contributed by atoms with E-state index in [1.54, 1.807) is 0 Å². The standard InChI is InChI=1S/C12H20BrN3/c1-8-12(13)11(16(2)15-8)7-9-4-3-5-10(14)6-9/h9-10H,3-7,14H2,1-2H3. The van der Waals surface area contributed by atoms with E-state index in [9.17, 15) is 0 Å². The summed E-state index contributed by atoms with van der Waals surface area (Å²) in [5.74, 6) is 0.731. The highest BCUT2D eigenvalue weighted by molar-refractivity contribution is 9.10. The van der Waals surface area contributed by atoms with Crippen LogP contribution in [0.3, 0.4) is 0 Å². The van der Waals surface area contributed by atoms with Crippen molar-refractivity contribution in [1.29, 1.82) is 0 Å². The second-order valence-corrected chi connectivity index (χ2v) is 5.76. The van der Waals surface area contributed by atoms with Crippen LogP contribution in [0.4, 0.5) is 0 Å². The first-order chi connectivity index (χ1) is 7.58. The van der Waals surface area contributed by atoms with Crippen LogP contribution in [-0.4, -0.2) is 15.8 Å². The molecular weight excluding hydrogens is 266 g/mol. The number of hydrogen-bond donors (Lipinski definition) is 1. The van der Waals surface area contributed by atoms with Gasteiger partial charge in [-0.3, -0.25) is 4.68 Å². The molecule has 1 aliphatic carbocycles. The Bertz CT molecular complexity index is 373. The number of nitrogens with zero attached hydrogens (tertiary/aromatic N) is 2. The molecule has 0 amide bonds. The second-order valence-electron chi connectivity index (χ2n) is 4.97. The predicted octanol–water partition coefficient (Wildman–Crippen LogP) is 2.55. The molecule has 0 spiro atoms. The molecule has 1 aliphatic rings. The van der Waals surface area contributed by atoms with Gasteiger partial charge in [0.2, 0.25) is 0 Å². The molecule has 0 saturated heterocycles. The molecule has 0 aromatic carbocycles. The van der Waals surface area contributed by atoms with Crippen LogP contribution in [-0.2, 0) is 13.5 Å². The fraction of sp³-hybridized carbons (Fsp3) is 0.750. The largest absolute Gasteiger partial charge is 0.328 e. The Kier molecular flexibility index (Phi) is 3.70. The Balaban J connectivity index is 2.08. The average Bonchev–Trinajstić information content (AvgIpc) is 2.45. The maximum Gasteiger partial charge on any atom is 0.0738 e. The number of rotatable bonds is 2. The minimum atomic E-state index is 0.409. The lowest BCUT2D eigenvalue weighted by Crippen LogP contribution is -2.29. The predicted molar refractivity (Wildman–Crippen MR) is 69.3 cm³/mol. The van der Waals surface area contributed by atoms with Gasteiger partial charge in [-0.05, 0) is 54.5 Å². The van der Waals surface area contributed by atoms with Crippen molar-refractivity contribution in [3.63, 3.8) is 0 Å². The third-order valence-electron chi connectivity index (χ3n) is 3.57. The molecule has 0 aliphatic heterocycles. The molecule has 2 N–H and O–H groups in total. The van der Waals surface area contributed by atoms with Crippen molar-refractivity contribution in [1.82, 2.24) is 9.78 Å². The Morgan fingerprint density at radius 1 is 1.50 bits per heavy atom. The van der Waals surface area contributed by atoms with Gasteiger partial charge in [0.25, 0.3) is 0 Å². The van der Waals surface area contributed by atoms with Crippen molar-refractivity contribution < 1.29 is 0 Å². The lowest BCUT2D eigenvalue weighted by Gasteiger charge is -2.26. The monoisotopic (exact) mass is 285 g/mol. The fourth-order valence-corrected chi connectivity index (χ4v) is 3.19. The van der Waals surface area contributed by atoms with Crippen molar-refractivity contribution in [3.8, 4) is 0 Å². The van der Waals surface area contributed by atoms with Crippen molar-refractivity contribution in [3.05, 3.63) is 15.9 Å². The topological polar surface area (TPSA) is 43.8 Å². The Labute approximate surface area is 106 Å². The summed E-state index contributed by atoms with van der Waals surface area (Å²) in [5, 5.41) is 4.43. The minimum Gasteiger partial charge on any atom is -0.328 e. The van der Waals surface area contributed by atoms with Crippen LogP contribution in [0.2, 0.25) is 0 Å². The first-order valence-electron chi connectivity index (χ1n) is 6.01. The molecule has 16 heavy (non-hydrogen) atoms. The molecule has 2 unspecified atom stereocenters. The Morgan fingerprint density at radius 2 is 2.25 bits per heavy atom. The molecule has 1 fully saturated rings. The highest BCUT2D eigenvalue weighted by Crippen LogP contribution is 2.29. The highest BCUT2D eigenvalue weighted by Gasteiger charge is 2.22. The number of halogens is 1. The van der Waals surface area contributed by atoms with E-state index in [1.165, 1.54) is 29.4 Å². The summed E-state index contributed by atoms with van der Waals surface area (Å²) in [7, 11) is 2.02. The number of aromatic nitrogens is 2. The van der Waals surface area contributed by atoms with Crippen LogP contribution < -0.4 is 5.73 Å². The number of nitrogens with two attached hydrogens (primary N) is 1. The van der Waals surface area contributed by atoms with Crippen molar-refractivity contribution in [2.75, 3.05) is 0 Å². The zero-order valence-corrected chi connectivity index (χ0v) is 11.6. The molecule has 1 aromatic heterocycles. The Hall–Kier alpha value is -0.350. The van der Waals surface area contributed by atoms with Crippen LogP contribution in [0.5, 0.6) is 0 Å². The van der Waals surface area contributed by atoms with Crippen LogP contribution in [0.15, 0.2) is 4.47 Å². The summed E-state index contributed by atoms with van der Waals surface area (Å²) in [6.07, 6.45) is 6.05. The summed E-state index contributed by atoms with van der Waals surface area (Å²) >= 11 is 3.63. The first kappa shape index (κ1) is 12.1. The summed E-state index contributed by atoms with van der Waals surface area (Å²) in [5.41, 5.74) is 8.42. The Morgan fingerprint density at radius 3 is 2.81 bits per heavy atom. The van der Waals surface area contributed by atoms with E-state index in [0.29, 0.717) is 6.04 Å². The summed E-state index contributed by atoms with van der Waals surface area (Å²) in [4.78, 5) is 0. The van der Waals surface area contributed by atoms with Gasteiger partial charge >= 0.3 is 0 Å². The van der Waals surface area contributed by atoms with Gasteiger partial charge in [0, 0.05) is 13.1 Å². The molecule has 0 bridgehead atoms. The third kappa shape index (κ3) is 2.48. The number of hydrogen-bond acceptors (Lipinski definition) is 2. The molecule has 0 radical (unpaired) electrons. The van der Waals surface area contributed by atoms with Crippen LogP contribution >= 0.6 is 15.9 Å². The van der Waals surface area contributed by atoms with Crippen molar-refractivity contribution in [2.45, 2.75) is 45.1 Å². The molecule has 2 atom stereocenters. The van der Waals surface area contributed by atoms with E-state index in [-0.39, 0.29) is 0 Å². The van der Waals surface area contributed by atoms with Crippen LogP contribution in [0.1, 0.15) is 37.1 Å². The van der Waals surface area contributed by atoms with Crippen molar-refractivity contribution in [2.24, 2.45) is 18.7 Å². The van der Waals surface area contributed by atoms with E-state index < -0.39 is 0 Å². The second kappa shape index (κ2) is 4.88. The fourth-order valence-electron chi connectivity index (χ4n) is 2.69. The summed E-state index contributed by atoms with van der Waals surface area (Å²) in [6, 6.07) is 0.409. The lowest BCUT2D eigenvalue weighted by molar-refractivity contribution is 0.316. The van der Waals surface area contributed by atoms with Crippen LogP contribution in [0, 0.1) is 12.8 Å². The SMILES string of the molecule is Cc1nn(C)c(CC2CCCC(N)C2)c1Br. The van der Waals surface area contributed by atoms with Gasteiger partial charge in [-0.2, -0.15) is 5.10 Å². The molecule has 90 valence electrons. The van der Waals surface area contributed by atoms with Gasteiger partial charge in [0.15, 0.2) is 0 Å². The molecule has 2 rings (SSSR count). The average molecular weight is 286 g/mol. The smallest absolute Gasteiger partial charge is 0.0738 e. The molecule has 3 nitrogen and oxygen atoms in total. The quantitative estimate of drug-likeness (QED) is 0.908. The zero-order chi connectivity index (χ0) is 11.7. The maximum absolute atomic E-state index is 6.03. The van der Waals surface area contributed by atoms with Gasteiger partial charge in [-0.15, -0.1) is 0 Å².